The number of sulfonamides is 1. The van der Waals surface area contributed by atoms with Gasteiger partial charge in [0.2, 0.25) is 0 Å². The maximum atomic E-state index is 12.3. The molecule has 0 fully saturated rings. The van der Waals surface area contributed by atoms with Crippen LogP contribution in [0.15, 0.2) is 65.8 Å². The first-order valence-electron chi connectivity index (χ1n) is 7.51. The van der Waals surface area contributed by atoms with Crippen LogP contribution in [0.1, 0.15) is 0 Å². The number of hydrogen-bond donors (Lipinski definition) is 1. The van der Waals surface area contributed by atoms with Crippen LogP contribution in [0.25, 0.3) is 0 Å². The third-order valence-corrected chi connectivity index (χ3v) is 5.04. The monoisotopic (exact) mass is 408 g/mol. The van der Waals surface area contributed by atoms with Gasteiger partial charge in [-0.05, 0) is 30.3 Å². The fourth-order valence-electron chi connectivity index (χ4n) is 2.15. The quantitative estimate of drug-likeness (QED) is 0.473. The molecule has 1 aromatic heterocycles. The normalized spacial score (nSPS) is 11.1. The van der Waals surface area contributed by atoms with Gasteiger partial charge in [-0.1, -0.05) is 17.7 Å². The third kappa shape index (κ3) is 4.74. The second-order valence-electron chi connectivity index (χ2n) is 5.36. The number of nitro groups is 1. The Balaban J connectivity index is 1.66. The van der Waals surface area contributed by atoms with Crippen LogP contribution < -0.4 is 9.46 Å². The smallest absolute Gasteiger partial charge is 0.269 e. The van der Waals surface area contributed by atoms with Crippen molar-refractivity contribution in [2.45, 2.75) is 11.6 Å². The van der Waals surface area contributed by atoms with Gasteiger partial charge in [-0.2, -0.15) is 5.10 Å². The van der Waals surface area contributed by atoms with E-state index in [4.69, 9.17) is 16.3 Å². The zero-order valence-corrected chi connectivity index (χ0v) is 15.2. The average molecular weight is 409 g/mol. The Kier molecular flexibility index (Phi) is 5.28. The molecule has 0 aliphatic heterocycles. The largest absolute Gasteiger partial charge is 0.471 e. The molecule has 0 spiro atoms. The van der Waals surface area contributed by atoms with Crippen LogP contribution >= 0.6 is 11.6 Å². The summed E-state index contributed by atoms with van der Waals surface area (Å²) >= 11 is 5.87. The number of nitro benzene ring substituents is 1. The molecule has 0 aliphatic carbocycles. The van der Waals surface area contributed by atoms with Gasteiger partial charge >= 0.3 is 0 Å². The van der Waals surface area contributed by atoms with E-state index < -0.39 is 14.9 Å². The van der Waals surface area contributed by atoms with E-state index in [9.17, 15) is 18.5 Å². The van der Waals surface area contributed by atoms with Crippen LogP contribution in [0, 0.1) is 10.1 Å². The van der Waals surface area contributed by atoms with Gasteiger partial charge in [0.15, 0.2) is 6.73 Å². The van der Waals surface area contributed by atoms with Crippen molar-refractivity contribution in [3.63, 3.8) is 0 Å². The minimum atomic E-state index is -3.90. The van der Waals surface area contributed by atoms with Crippen molar-refractivity contribution in [3.05, 3.63) is 76.1 Å². The fraction of sp³-hybridized carbons (Fsp3) is 0.0625. The van der Waals surface area contributed by atoms with Crippen molar-refractivity contribution in [2.75, 3.05) is 4.72 Å². The molecule has 1 N–H and O–H groups in total. The molecule has 0 bridgehead atoms. The highest BCUT2D eigenvalue weighted by Gasteiger charge is 2.17. The Morgan fingerprint density at radius 2 is 1.96 bits per heavy atom. The van der Waals surface area contributed by atoms with Crippen molar-refractivity contribution < 1.29 is 18.1 Å². The van der Waals surface area contributed by atoms with E-state index in [0.29, 0.717) is 10.8 Å². The van der Waals surface area contributed by atoms with E-state index in [1.807, 2.05) is 0 Å². The van der Waals surface area contributed by atoms with Crippen molar-refractivity contribution >= 4 is 33.0 Å². The standard InChI is InChI=1S/C16H13ClN4O5S/c17-12-2-1-3-15(8-12)26-11-20-10-13(9-18-20)19-27(24,25)16-6-4-14(5-7-16)21(22)23/h1-10,19H,11H2. The van der Waals surface area contributed by atoms with Gasteiger partial charge in [0.25, 0.3) is 15.7 Å². The number of hydrogen-bond acceptors (Lipinski definition) is 6. The number of aromatic nitrogens is 2. The summed E-state index contributed by atoms with van der Waals surface area (Å²) in [4.78, 5) is 9.94. The first-order valence-corrected chi connectivity index (χ1v) is 9.38. The molecule has 140 valence electrons. The SMILES string of the molecule is O=[N+]([O-])c1ccc(S(=O)(=O)Nc2cnn(COc3cccc(Cl)c3)c2)cc1. The summed E-state index contributed by atoms with van der Waals surface area (Å²) in [6.45, 7) is 0.0552. The molecule has 27 heavy (non-hydrogen) atoms. The molecule has 2 aromatic carbocycles. The van der Waals surface area contributed by atoms with Crippen molar-refractivity contribution in [1.29, 1.82) is 0 Å². The highest BCUT2D eigenvalue weighted by molar-refractivity contribution is 7.92. The summed E-state index contributed by atoms with van der Waals surface area (Å²) in [5.74, 6) is 0.547. The van der Waals surface area contributed by atoms with E-state index in [1.54, 1.807) is 24.3 Å². The third-order valence-electron chi connectivity index (χ3n) is 3.40. The van der Waals surface area contributed by atoms with Crippen LogP contribution in [0.5, 0.6) is 5.75 Å². The minimum Gasteiger partial charge on any atom is -0.471 e. The molecule has 0 atom stereocenters. The molecule has 1 heterocycles. The zero-order chi connectivity index (χ0) is 19.4. The summed E-state index contributed by atoms with van der Waals surface area (Å²) < 4.78 is 34.0. The van der Waals surface area contributed by atoms with E-state index in [-0.39, 0.29) is 23.0 Å². The van der Waals surface area contributed by atoms with Crippen LogP contribution in [0.4, 0.5) is 11.4 Å². The van der Waals surface area contributed by atoms with E-state index >= 15 is 0 Å². The molecular weight excluding hydrogens is 396 g/mol. The lowest BCUT2D eigenvalue weighted by Gasteiger charge is -2.07. The Hall–Kier alpha value is -3.11. The molecule has 0 saturated carbocycles. The van der Waals surface area contributed by atoms with Crippen LogP contribution in [0.3, 0.4) is 0 Å². The van der Waals surface area contributed by atoms with E-state index in [2.05, 4.69) is 9.82 Å². The number of non-ortho nitro benzene ring substituents is 1. The first-order chi connectivity index (χ1) is 12.8. The van der Waals surface area contributed by atoms with Gasteiger partial charge in [-0.25, -0.2) is 13.1 Å². The molecule has 0 amide bonds. The zero-order valence-electron chi connectivity index (χ0n) is 13.6. The Labute approximate surface area is 159 Å². The lowest BCUT2D eigenvalue weighted by atomic mass is 10.3. The van der Waals surface area contributed by atoms with Gasteiger partial charge in [-0.3, -0.25) is 14.8 Å². The fourth-order valence-corrected chi connectivity index (χ4v) is 3.35. The highest BCUT2D eigenvalue weighted by Crippen LogP contribution is 2.20. The molecule has 3 rings (SSSR count). The topological polar surface area (TPSA) is 116 Å². The number of ether oxygens (including phenoxy) is 1. The van der Waals surface area contributed by atoms with Gasteiger partial charge in [0.1, 0.15) is 5.75 Å². The molecule has 0 unspecified atom stereocenters. The average Bonchev–Trinajstić information content (AvgIpc) is 3.07. The van der Waals surface area contributed by atoms with Crippen LogP contribution in [0.2, 0.25) is 5.02 Å². The number of anilines is 1. The lowest BCUT2D eigenvalue weighted by molar-refractivity contribution is -0.384. The Morgan fingerprint density at radius 3 is 2.63 bits per heavy atom. The van der Waals surface area contributed by atoms with Gasteiger partial charge in [0, 0.05) is 17.2 Å². The number of benzene rings is 2. The van der Waals surface area contributed by atoms with Crippen LogP contribution in [-0.4, -0.2) is 23.1 Å². The van der Waals surface area contributed by atoms with Gasteiger partial charge < -0.3 is 4.74 Å². The molecule has 0 radical (unpaired) electrons. The number of nitrogens with zero attached hydrogens (tertiary/aromatic N) is 3. The molecule has 9 nitrogen and oxygen atoms in total. The number of rotatable bonds is 7. The number of halogens is 1. The minimum absolute atomic E-state index is 0.0552. The summed E-state index contributed by atoms with van der Waals surface area (Å²) in [6.07, 6.45) is 2.78. The predicted octanol–water partition coefficient (Wildman–Crippen LogP) is 3.28. The maximum absolute atomic E-state index is 12.3. The van der Waals surface area contributed by atoms with Gasteiger partial charge in [0.05, 0.1) is 27.9 Å². The van der Waals surface area contributed by atoms with Gasteiger partial charge in [-0.15, -0.1) is 0 Å². The Morgan fingerprint density at radius 1 is 1.22 bits per heavy atom. The highest BCUT2D eigenvalue weighted by atomic mass is 35.5. The van der Waals surface area contributed by atoms with Crippen molar-refractivity contribution in [1.82, 2.24) is 9.78 Å². The molecule has 11 heteroatoms. The maximum Gasteiger partial charge on any atom is 0.269 e. The first kappa shape index (κ1) is 18.7. The summed E-state index contributed by atoms with van der Waals surface area (Å²) in [6, 6.07) is 11.4. The summed E-state index contributed by atoms with van der Waals surface area (Å²) in [7, 11) is -3.90. The lowest BCUT2D eigenvalue weighted by Crippen LogP contribution is -2.12. The molecule has 3 aromatic rings. The number of nitrogens with one attached hydrogen (secondary N) is 1. The van der Waals surface area contributed by atoms with Crippen LogP contribution in [-0.2, 0) is 16.8 Å². The van der Waals surface area contributed by atoms with Crippen molar-refractivity contribution in [3.8, 4) is 5.75 Å². The van der Waals surface area contributed by atoms with Crippen molar-refractivity contribution in [2.24, 2.45) is 0 Å². The van der Waals surface area contributed by atoms with E-state index in [1.165, 1.54) is 17.1 Å². The molecule has 0 aliphatic rings. The Bertz CT molecular complexity index is 1070. The molecular formula is C16H13ClN4O5S. The summed E-state index contributed by atoms with van der Waals surface area (Å²) in [5, 5.41) is 15.2. The summed E-state index contributed by atoms with van der Waals surface area (Å²) in [5.41, 5.74) is 0.0305. The van der Waals surface area contributed by atoms with E-state index in [0.717, 1.165) is 24.3 Å². The molecule has 0 saturated heterocycles. The second kappa shape index (κ2) is 7.64. The predicted molar refractivity (Wildman–Crippen MR) is 98.2 cm³/mol. The second-order valence-corrected chi connectivity index (χ2v) is 7.47.